The van der Waals surface area contributed by atoms with Crippen LogP contribution >= 0.6 is 0 Å². The summed E-state index contributed by atoms with van der Waals surface area (Å²) in [6.45, 7) is 3.48. The van der Waals surface area contributed by atoms with Crippen molar-refractivity contribution in [2.45, 2.75) is 39.3 Å². The highest BCUT2D eigenvalue weighted by Gasteiger charge is 2.32. The third kappa shape index (κ3) is 4.63. The van der Waals surface area contributed by atoms with E-state index < -0.39 is 28.0 Å². The van der Waals surface area contributed by atoms with Crippen LogP contribution in [0.25, 0.3) is 0 Å². The first-order valence-electron chi connectivity index (χ1n) is 8.40. The SMILES string of the molecule is COc1c(C)c2c(c(O)c1CC=C(C)CC(NS(C)(=O)=O)C(=O)O)C(=O)OC2. The summed E-state index contributed by atoms with van der Waals surface area (Å²) in [6, 6.07) is -1.31. The second-order valence-corrected chi connectivity index (χ2v) is 8.43. The van der Waals surface area contributed by atoms with Crippen LogP contribution in [0.3, 0.4) is 0 Å². The van der Waals surface area contributed by atoms with Gasteiger partial charge >= 0.3 is 11.9 Å². The summed E-state index contributed by atoms with van der Waals surface area (Å²) in [5.41, 5.74) is 2.34. The predicted molar refractivity (Wildman–Crippen MR) is 100.0 cm³/mol. The number of phenols is 1. The van der Waals surface area contributed by atoms with Gasteiger partial charge < -0.3 is 19.7 Å². The summed E-state index contributed by atoms with van der Waals surface area (Å²) in [6.07, 6.45) is 2.64. The van der Waals surface area contributed by atoms with E-state index in [-0.39, 0.29) is 30.8 Å². The lowest BCUT2D eigenvalue weighted by Gasteiger charge is -2.16. The van der Waals surface area contributed by atoms with Gasteiger partial charge in [-0.05, 0) is 32.3 Å². The average molecular weight is 413 g/mol. The number of hydrogen-bond donors (Lipinski definition) is 3. The number of allylic oxidation sites excluding steroid dienone is 1. The third-order valence-corrected chi connectivity index (χ3v) is 5.20. The van der Waals surface area contributed by atoms with Crippen molar-refractivity contribution in [3.63, 3.8) is 0 Å². The molecule has 2 rings (SSSR count). The minimum Gasteiger partial charge on any atom is -0.507 e. The molecule has 28 heavy (non-hydrogen) atoms. The zero-order valence-corrected chi connectivity index (χ0v) is 16.8. The normalized spacial score (nSPS) is 15.1. The first-order chi connectivity index (χ1) is 13.0. The lowest BCUT2D eigenvalue weighted by molar-refractivity contribution is -0.138. The number of aliphatic carboxylic acids is 1. The molecule has 3 N–H and O–H groups in total. The van der Waals surface area contributed by atoms with Gasteiger partial charge in [0.2, 0.25) is 10.0 Å². The maximum absolute atomic E-state index is 11.9. The first-order valence-corrected chi connectivity index (χ1v) is 10.3. The van der Waals surface area contributed by atoms with Crippen LogP contribution in [0.5, 0.6) is 11.5 Å². The van der Waals surface area contributed by atoms with Gasteiger partial charge in [0.15, 0.2) is 0 Å². The fourth-order valence-electron chi connectivity index (χ4n) is 3.15. The molecule has 0 bridgehead atoms. The number of aromatic hydroxyl groups is 1. The summed E-state index contributed by atoms with van der Waals surface area (Å²) in [5, 5.41) is 19.8. The van der Waals surface area contributed by atoms with Crippen LogP contribution in [0.2, 0.25) is 0 Å². The number of hydrogen-bond acceptors (Lipinski definition) is 7. The topological polar surface area (TPSA) is 139 Å². The van der Waals surface area contributed by atoms with Crippen LogP contribution in [0.15, 0.2) is 11.6 Å². The number of carbonyl (C=O) groups excluding carboxylic acids is 1. The number of carbonyl (C=O) groups is 2. The number of sulfonamides is 1. The second kappa shape index (κ2) is 8.19. The van der Waals surface area contributed by atoms with Crippen molar-refractivity contribution in [2.24, 2.45) is 0 Å². The summed E-state index contributed by atoms with van der Waals surface area (Å²) < 4.78 is 35.1. The predicted octanol–water partition coefficient (Wildman–Crippen LogP) is 1.26. The number of rotatable bonds is 8. The minimum atomic E-state index is -3.69. The molecule has 1 atom stereocenters. The van der Waals surface area contributed by atoms with Crippen molar-refractivity contribution in [1.29, 1.82) is 0 Å². The van der Waals surface area contributed by atoms with Crippen molar-refractivity contribution in [3.05, 3.63) is 33.9 Å². The fourth-order valence-corrected chi connectivity index (χ4v) is 3.85. The molecule has 1 aromatic rings. The van der Waals surface area contributed by atoms with E-state index in [9.17, 15) is 28.2 Å². The molecule has 1 aliphatic heterocycles. The number of fused-ring (bicyclic) bond motifs is 1. The maximum atomic E-state index is 11.9. The van der Waals surface area contributed by atoms with Crippen molar-refractivity contribution in [3.8, 4) is 11.5 Å². The minimum absolute atomic E-state index is 0.0581. The number of benzene rings is 1. The number of carboxylic acids is 1. The zero-order chi connectivity index (χ0) is 21.2. The van der Waals surface area contributed by atoms with Gasteiger partial charge in [0.25, 0.3) is 0 Å². The number of ether oxygens (including phenoxy) is 2. The highest BCUT2D eigenvalue weighted by atomic mass is 32.2. The molecule has 154 valence electrons. The summed E-state index contributed by atoms with van der Waals surface area (Å²) in [5.74, 6) is -1.71. The zero-order valence-electron chi connectivity index (χ0n) is 16.0. The van der Waals surface area contributed by atoms with E-state index >= 15 is 0 Å². The Morgan fingerprint density at radius 3 is 2.61 bits per heavy atom. The van der Waals surface area contributed by atoms with Crippen LogP contribution in [-0.4, -0.2) is 50.0 Å². The van der Waals surface area contributed by atoms with Crippen LogP contribution in [0.4, 0.5) is 0 Å². The number of cyclic esters (lactones) is 1. The number of phenolic OH excluding ortho intramolecular Hbond substituents is 1. The quantitative estimate of drug-likeness (QED) is 0.428. The van der Waals surface area contributed by atoms with Crippen molar-refractivity contribution in [2.75, 3.05) is 13.4 Å². The lowest BCUT2D eigenvalue weighted by Crippen LogP contribution is -2.40. The van der Waals surface area contributed by atoms with Gasteiger partial charge in [0.1, 0.15) is 29.7 Å². The maximum Gasteiger partial charge on any atom is 0.342 e. The standard InChI is InChI=1S/C18H23NO8S/c1-9(7-13(17(21)22)19-28(4,24)25)5-6-11-15(20)14-12(8-27-18(14)23)10(2)16(11)26-3/h5,13,19-20H,6-8H2,1-4H3,(H,21,22). The Labute approximate surface area is 163 Å². The van der Waals surface area contributed by atoms with Gasteiger partial charge in [-0.2, -0.15) is 0 Å². The van der Waals surface area contributed by atoms with Gasteiger partial charge in [-0.15, -0.1) is 0 Å². The van der Waals surface area contributed by atoms with E-state index in [0.717, 1.165) is 6.26 Å². The fraction of sp³-hybridized carbons (Fsp3) is 0.444. The molecule has 1 aliphatic rings. The van der Waals surface area contributed by atoms with E-state index in [1.165, 1.54) is 7.11 Å². The Morgan fingerprint density at radius 2 is 2.07 bits per heavy atom. The highest BCUT2D eigenvalue weighted by molar-refractivity contribution is 7.88. The van der Waals surface area contributed by atoms with Crippen molar-refractivity contribution < 1.29 is 37.7 Å². The van der Waals surface area contributed by atoms with E-state index in [0.29, 0.717) is 28.0 Å². The molecule has 0 amide bonds. The second-order valence-electron chi connectivity index (χ2n) is 6.65. The van der Waals surface area contributed by atoms with Crippen LogP contribution in [0, 0.1) is 6.92 Å². The highest BCUT2D eigenvalue weighted by Crippen LogP contribution is 2.42. The average Bonchev–Trinajstić information content (AvgIpc) is 2.97. The number of nitrogens with one attached hydrogen (secondary N) is 1. The molecule has 0 fully saturated rings. The molecule has 1 heterocycles. The monoisotopic (exact) mass is 413 g/mol. The smallest absolute Gasteiger partial charge is 0.342 e. The van der Waals surface area contributed by atoms with E-state index in [1.54, 1.807) is 19.9 Å². The lowest BCUT2D eigenvalue weighted by atomic mass is 9.94. The Balaban J connectivity index is 2.32. The van der Waals surface area contributed by atoms with Crippen LogP contribution in [0.1, 0.15) is 40.4 Å². The number of esters is 1. The first kappa shape index (κ1) is 21.7. The van der Waals surface area contributed by atoms with Gasteiger partial charge in [-0.1, -0.05) is 11.6 Å². The van der Waals surface area contributed by atoms with E-state index in [2.05, 4.69) is 4.72 Å². The summed E-state index contributed by atoms with van der Waals surface area (Å²) in [7, 11) is -2.24. The molecule has 0 saturated heterocycles. The molecule has 9 nitrogen and oxygen atoms in total. The summed E-state index contributed by atoms with van der Waals surface area (Å²) in [4.78, 5) is 23.2. The Kier molecular flexibility index (Phi) is 6.35. The largest absolute Gasteiger partial charge is 0.507 e. The van der Waals surface area contributed by atoms with Gasteiger partial charge in [0.05, 0.1) is 13.4 Å². The molecule has 0 aliphatic carbocycles. The molecule has 0 spiro atoms. The summed E-state index contributed by atoms with van der Waals surface area (Å²) >= 11 is 0. The van der Waals surface area contributed by atoms with E-state index in [4.69, 9.17) is 9.47 Å². The Bertz CT molecular complexity index is 949. The third-order valence-electron chi connectivity index (χ3n) is 4.48. The van der Waals surface area contributed by atoms with Crippen molar-refractivity contribution >= 4 is 22.0 Å². The van der Waals surface area contributed by atoms with Crippen molar-refractivity contribution in [1.82, 2.24) is 4.72 Å². The molecule has 1 aromatic carbocycles. The van der Waals surface area contributed by atoms with Gasteiger partial charge in [-0.3, -0.25) is 4.79 Å². The Hall–Kier alpha value is -2.59. The Morgan fingerprint density at radius 1 is 1.43 bits per heavy atom. The van der Waals surface area contributed by atoms with E-state index in [1.807, 2.05) is 0 Å². The molecule has 0 saturated carbocycles. The molecular weight excluding hydrogens is 390 g/mol. The van der Waals surface area contributed by atoms with Gasteiger partial charge in [-0.25, -0.2) is 17.9 Å². The van der Waals surface area contributed by atoms with Gasteiger partial charge in [0, 0.05) is 11.1 Å². The number of methoxy groups -OCH3 is 1. The van der Waals surface area contributed by atoms with Crippen LogP contribution < -0.4 is 9.46 Å². The molecule has 10 heteroatoms. The molecular formula is C18H23NO8S. The molecule has 1 unspecified atom stereocenters. The number of carboxylic acid groups (broad SMARTS) is 1. The molecule has 0 aromatic heterocycles. The van der Waals surface area contributed by atoms with Crippen LogP contribution in [-0.2, 0) is 32.6 Å². The molecule has 0 radical (unpaired) electrons.